The fraction of sp³-hybridized carbons (Fsp3) is 0.611. The molecular weight excluding hydrogens is 306 g/mol. The van der Waals surface area contributed by atoms with E-state index in [2.05, 4.69) is 17.3 Å². The molecule has 3 aliphatic heterocycles. The molecule has 0 atom stereocenters. The lowest BCUT2D eigenvalue weighted by atomic mass is 9.77. The zero-order valence-corrected chi connectivity index (χ0v) is 14.2. The van der Waals surface area contributed by atoms with Crippen molar-refractivity contribution in [3.8, 4) is 11.5 Å². The lowest BCUT2D eigenvalue weighted by molar-refractivity contribution is -0.0166. The van der Waals surface area contributed by atoms with Crippen LogP contribution in [0.25, 0.3) is 0 Å². The van der Waals surface area contributed by atoms with E-state index in [-0.39, 0.29) is 11.6 Å². The molecule has 6 nitrogen and oxygen atoms in total. The van der Waals surface area contributed by atoms with Crippen molar-refractivity contribution in [1.82, 2.24) is 9.80 Å². The maximum Gasteiger partial charge on any atom is 0.322 e. The minimum atomic E-state index is -0.0212. The molecule has 4 rings (SSSR count). The highest BCUT2D eigenvalue weighted by Gasteiger charge is 2.48. The molecule has 2 fully saturated rings. The normalized spacial score (nSPS) is 22.6. The molecule has 2 saturated heterocycles. The molecule has 0 unspecified atom stereocenters. The zero-order chi connectivity index (χ0) is 16.6. The van der Waals surface area contributed by atoms with Crippen LogP contribution in [0.2, 0.25) is 0 Å². The van der Waals surface area contributed by atoms with E-state index in [0.717, 1.165) is 45.3 Å². The second-order valence-electron chi connectivity index (χ2n) is 7.04. The number of rotatable bonds is 1. The molecule has 0 bridgehead atoms. The van der Waals surface area contributed by atoms with Crippen LogP contribution in [0.3, 0.4) is 0 Å². The van der Waals surface area contributed by atoms with Crippen LogP contribution in [-0.4, -0.2) is 61.3 Å². The number of hydrogen-bond donors (Lipinski definition) is 1. The number of carbonyl (C=O) groups excluding carboxylic acids is 1. The number of amides is 2. The van der Waals surface area contributed by atoms with Crippen molar-refractivity contribution in [1.29, 1.82) is 0 Å². The molecule has 3 aliphatic rings. The number of nitrogens with zero attached hydrogens (tertiary/aromatic N) is 2. The molecule has 24 heavy (non-hydrogen) atoms. The number of piperidine rings is 1. The Labute approximate surface area is 142 Å². The van der Waals surface area contributed by atoms with E-state index in [1.165, 1.54) is 0 Å². The van der Waals surface area contributed by atoms with Gasteiger partial charge in [-0.2, -0.15) is 0 Å². The summed E-state index contributed by atoms with van der Waals surface area (Å²) in [7, 11) is 2.15. The number of anilines is 1. The average Bonchev–Trinajstić information content (AvgIpc) is 2.81. The number of para-hydroxylation sites is 1. The number of likely N-dealkylation sites (tertiary alicyclic amines) is 2. The topological polar surface area (TPSA) is 54.0 Å². The molecule has 6 heteroatoms. The standard InChI is InChI=1S/C18H25N3O3/c1-20-9-6-18(7-10-20)8-11-21(18)17(22)19-14-4-2-5-15-16(14)24-13-3-12-23-15/h2,4-5H,3,6-13H2,1H3,(H,19,22). The predicted octanol–water partition coefficient (Wildman–Crippen LogP) is 2.55. The number of benzene rings is 1. The van der Waals surface area contributed by atoms with Gasteiger partial charge in [0, 0.05) is 31.6 Å². The fourth-order valence-electron chi connectivity index (χ4n) is 3.89. The van der Waals surface area contributed by atoms with Crippen LogP contribution in [0.4, 0.5) is 10.5 Å². The minimum absolute atomic E-state index is 0.0212. The molecule has 0 aliphatic carbocycles. The highest BCUT2D eigenvalue weighted by atomic mass is 16.5. The summed E-state index contributed by atoms with van der Waals surface area (Å²) in [4.78, 5) is 17.2. The van der Waals surface area contributed by atoms with Gasteiger partial charge in [0.05, 0.1) is 18.9 Å². The van der Waals surface area contributed by atoms with Crippen LogP contribution >= 0.6 is 0 Å². The van der Waals surface area contributed by atoms with Gasteiger partial charge in [-0.1, -0.05) is 6.07 Å². The first-order chi connectivity index (χ1) is 11.7. The number of urea groups is 1. The third-order valence-corrected chi connectivity index (χ3v) is 5.55. The summed E-state index contributed by atoms with van der Waals surface area (Å²) in [5.41, 5.74) is 0.758. The maximum atomic E-state index is 12.8. The van der Waals surface area contributed by atoms with Crippen LogP contribution in [0.1, 0.15) is 25.7 Å². The van der Waals surface area contributed by atoms with Gasteiger partial charge in [-0.25, -0.2) is 4.79 Å². The molecule has 130 valence electrons. The largest absolute Gasteiger partial charge is 0.489 e. The second-order valence-corrected chi connectivity index (χ2v) is 7.04. The molecule has 1 N–H and O–H groups in total. The average molecular weight is 331 g/mol. The van der Waals surface area contributed by atoms with E-state index < -0.39 is 0 Å². The summed E-state index contributed by atoms with van der Waals surface area (Å²) in [5, 5.41) is 3.05. The van der Waals surface area contributed by atoms with E-state index in [1.807, 2.05) is 23.1 Å². The number of ether oxygens (including phenoxy) is 2. The third-order valence-electron chi connectivity index (χ3n) is 5.55. The van der Waals surface area contributed by atoms with Crippen LogP contribution < -0.4 is 14.8 Å². The maximum absolute atomic E-state index is 12.8. The zero-order valence-electron chi connectivity index (χ0n) is 14.2. The van der Waals surface area contributed by atoms with Crippen molar-refractivity contribution < 1.29 is 14.3 Å². The van der Waals surface area contributed by atoms with E-state index >= 15 is 0 Å². The van der Waals surface area contributed by atoms with Crippen molar-refractivity contribution in [2.24, 2.45) is 0 Å². The van der Waals surface area contributed by atoms with Gasteiger partial charge < -0.3 is 24.6 Å². The SMILES string of the molecule is CN1CCC2(CC1)CCN2C(=O)Nc1cccc2c1OCCCO2. The van der Waals surface area contributed by atoms with Gasteiger partial charge in [-0.15, -0.1) is 0 Å². The Bertz CT molecular complexity index is 626. The van der Waals surface area contributed by atoms with Gasteiger partial charge in [-0.05, 0) is 38.4 Å². The summed E-state index contributed by atoms with van der Waals surface area (Å²) in [6.07, 6.45) is 4.08. The molecule has 1 aromatic carbocycles. The van der Waals surface area contributed by atoms with Gasteiger partial charge in [0.2, 0.25) is 0 Å². The molecule has 2 amide bonds. The monoisotopic (exact) mass is 331 g/mol. The first-order valence-corrected chi connectivity index (χ1v) is 8.84. The molecule has 0 radical (unpaired) electrons. The van der Waals surface area contributed by atoms with Crippen molar-refractivity contribution in [3.63, 3.8) is 0 Å². The third kappa shape index (κ3) is 2.69. The predicted molar refractivity (Wildman–Crippen MR) is 91.9 cm³/mol. The molecular formula is C18H25N3O3. The minimum Gasteiger partial charge on any atom is -0.489 e. The van der Waals surface area contributed by atoms with Crippen molar-refractivity contribution >= 4 is 11.7 Å². The molecule has 0 aromatic heterocycles. The number of carbonyl (C=O) groups is 1. The Balaban J connectivity index is 1.49. The summed E-state index contributed by atoms with van der Waals surface area (Å²) >= 11 is 0. The quantitative estimate of drug-likeness (QED) is 0.859. The smallest absolute Gasteiger partial charge is 0.322 e. The highest BCUT2D eigenvalue weighted by Crippen LogP contribution is 2.41. The Morgan fingerprint density at radius 2 is 1.88 bits per heavy atom. The van der Waals surface area contributed by atoms with Crippen LogP contribution in [-0.2, 0) is 0 Å². The lowest BCUT2D eigenvalue weighted by Gasteiger charge is -2.55. The Hall–Kier alpha value is -1.95. The molecule has 0 saturated carbocycles. The summed E-state index contributed by atoms with van der Waals surface area (Å²) in [6.45, 7) is 4.21. The summed E-state index contributed by atoms with van der Waals surface area (Å²) in [5.74, 6) is 1.37. The first-order valence-electron chi connectivity index (χ1n) is 8.84. The Morgan fingerprint density at radius 1 is 1.12 bits per heavy atom. The van der Waals surface area contributed by atoms with Crippen molar-refractivity contribution in [2.45, 2.75) is 31.2 Å². The van der Waals surface area contributed by atoms with Crippen LogP contribution in [0, 0.1) is 0 Å². The van der Waals surface area contributed by atoms with Crippen LogP contribution in [0.15, 0.2) is 18.2 Å². The van der Waals surface area contributed by atoms with E-state index in [9.17, 15) is 4.79 Å². The Kier molecular flexibility index (Phi) is 4.00. The fourth-order valence-corrected chi connectivity index (χ4v) is 3.89. The van der Waals surface area contributed by atoms with Gasteiger partial charge in [0.1, 0.15) is 0 Å². The first kappa shape index (κ1) is 15.6. The lowest BCUT2D eigenvalue weighted by Crippen LogP contribution is -2.66. The van der Waals surface area contributed by atoms with Crippen molar-refractivity contribution in [3.05, 3.63) is 18.2 Å². The van der Waals surface area contributed by atoms with Crippen LogP contribution in [0.5, 0.6) is 11.5 Å². The number of fused-ring (bicyclic) bond motifs is 1. The van der Waals surface area contributed by atoms with E-state index in [4.69, 9.17) is 9.47 Å². The summed E-state index contributed by atoms with van der Waals surface area (Å²) in [6, 6.07) is 5.64. The number of nitrogens with one attached hydrogen (secondary N) is 1. The van der Waals surface area contributed by atoms with Gasteiger partial charge >= 0.3 is 6.03 Å². The number of hydrogen-bond acceptors (Lipinski definition) is 4. The summed E-state index contributed by atoms with van der Waals surface area (Å²) < 4.78 is 11.5. The molecule has 1 spiro atoms. The van der Waals surface area contributed by atoms with Gasteiger partial charge in [-0.3, -0.25) is 0 Å². The van der Waals surface area contributed by atoms with E-state index in [1.54, 1.807) is 0 Å². The van der Waals surface area contributed by atoms with Gasteiger partial charge in [0.15, 0.2) is 11.5 Å². The van der Waals surface area contributed by atoms with E-state index in [0.29, 0.717) is 30.4 Å². The second kappa shape index (κ2) is 6.16. The Morgan fingerprint density at radius 3 is 2.62 bits per heavy atom. The highest BCUT2D eigenvalue weighted by molar-refractivity contribution is 5.92. The molecule has 3 heterocycles. The molecule has 1 aromatic rings. The van der Waals surface area contributed by atoms with Gasteiger partial charge in [0.25, 0.3) is 0 Å². The van der Waals surface area contributed by atoms with Crippen molar-refractivity contribution in [2.75, 3.05) is 45.2 Å².